The number of anilines is 1. The average molecular weight is 317 g/mol. The van der Waals surface area contributed by atoms with Crippen LogP contribution in [0.1, 0.15) is 13.3 Å². The summed E-state index contributed by atoms with van der Waals surface area (Å²) >= 11 is 0. The van der Waals surface area contributed by atoms with Gasteiger partial charge in [-0.2, -0.15) is 12.7 Å². The quantitative estimate of drug-likeness (QED) is 0.706. The van der Waals surface area contributed by atoms with Crippen LogP contribution in [0, 0.1) is 0 Å². The van der Waals surface area contributed by atoms with Gasteiger partial charge < -0.3 is 9.47 Å². The lowest BCUT2D eigenvalue weighted by molar-refractivity contribution is -0.140. The largest absolute Gasteiger partial charge is 0.476 e. The molecular formula is C12H19N3O5S. The number of pyridine rings is 1. The first kappa shape index (κ1) is 17.2. The molecule has 0 atom stereocenters. The molecule has 0 saturated carbocycles. The predicted molar refractivity (Wildman–Crippen MR) is 77.2 cm³/mol. The fourth-order valence-electron chi connectivity index (χ4n) is 1.41. The van der Waals surface area contributed by atoms with Crippen molar-refractivity contribution in [1.29, 1.82) is 0 Å². The number of ether oxygens (including phenoxy) is 2. The highest BCUT2D eigenvalue weighted by molar-refractivity contribution is 7.90. The maximum atomic E-state index is 12.1. The Kier molecular flexibility index (Phi) is 6.38. The summed E-state index contributed by atoms with van der Waals surface area (Å²) in [6.45, 7) is 2.14. The minimum atomic E-state index is -3.80. The highest BCUT2D eigenvalue weighted by Crippen LogP contribution is 2.22. The molecule has 1 aromatic rings. The minimum absolute atomic E-state index is 0.00619. The number of carbonyl (C=O) groups excluding carboxylic acids is 1. The first-order chi connectivity index (χ1) is 9.90. The SMILES string of the molecule is CCOc1ncccc1NS(=O)(=O)N(C)CCC(=O)OC. The zero-order valence-corrected chi connectivity index (χ0v) is 13.0. The average Bonchev–Trinajstić information content (AvgIpc) is 2.46. The van der Waals surface area contributed by atoms with Crippen LogP contribution >= 0.6 is 0 Å². The molecule has 8 nitrogen and oxygen atoms in total. The Labute approximate surface area is 124 Å². The lowest BCUT2D eigenvalue weighted by Gasteiger charge is -2.18. The third-order valence-corrected chi connectivity index (χ3v) is 4.04. The van der Waals surface area contributed by atoms with Gasteiger partial charge in [-0.1, -0.05) is 0 Å². The third-order valence-electron chi connectivity index (χ3n) is 2.56. The van der Waals surface area contributed by atoms with Gasteiger partial charge in [0.1, 0.15) is 5.69 Å². The number of methoxy groups -OCH3 is 1. The van der Waals surface area contributed by atoms with Crippen molar-refractivity contribution in [3.05, 3.63) is 18.3 Å². The van der Waals surface area contributed by atoms with E-state index < -0.39 is 16.2 Å². The van der Waals surface area contributed by atoms with Crippen LogP contribution in [-0.2, 0) is 19.7 Å². The van der Waals surface area contributed by atoms with Gasteiger partial charge in [-0.3, -0.25) is 9.52 Å². The van der Waals surface area contributed by atoms with Crippen molar-refractivity contribution < 1.29 is 22.7 Å². The standard InChI is InChI=1S/C12H19N3O5S/c1-4-20-12-10(6-5-8-13-12)14-21(17,18)15(2)9-7-11(16)19-3/h5-6,8,14H,4,7,9H2,1-3H3. The molecule has 0 amide bonds. The van der Waals surface area contributed by atoms with E-state index in [9.17, 15) is 13.2 Å². The zero-order chi connectivity index (χ0) is 15.9. The van der Waals surface area contributed by atoms with E-state index in [1.165, 1.54) is 20.4 Å². The molecule has 0 aromatic carbocycles. The summed E-state index contributed by atoms with van der Waals surface area (Å²) < 4.78 is 37.4. The van der Waals surface area contributed by atoms with E-state index in [2.05, 4.69) is 14.4 Å². The summed E-state index contributed by atoms with van der Waals surface area (Å²) in [5, 5.41) is 0. The van der Waals surface area contributed by atoms with Gasteiger partial charge in [0.2, 0.25) is 5.88 Å². The van der Waals surface area contributed by atoms with E-state index in [0.717, 1.165) is 4.31 Å². The fourth-order valence-corrected chi connectivity index (χ4v) is 2.33. The summed E-state index contributed by atoms with van der Waals surface area (Å²) in [5.41, 5.74) is 0.240. The molecule has 0 spiro atoms. The van der Waals surface area contributed by atoms with E-state index in [-0.39, 0.29) is 24.5 Å². The number of esters is 1. The van der Waals surface area contributed by atoms with Gasteiger partial charge in [0, 0.05) is 19.8 Å². The molecule has 0 radical (unpaired) electrons. The molecule has 9 heteroatoms. The van der Waals surface area contributed by atoms with E-state index in [4.69, 9.17) is 4.74 Å². The van der Waals surface area contributed by atoms with Crippen LogP contribution in [0.4, 0.5) is 5.69 Å². The normalized spacial score (nSPS) is 11.2. The van der Waals surface area contributed by atoms with Crippen molar-refractivity contribution in [2.75, 3.05) is 32.0 Å². The molecule has 1 heterocycles. The first-order valence-electron chi connectivity index (χ1n) is 6.29. The van der Waals surface area contributed by atoms with Crippen LogP contribution in [0.3, 0.4) is 0 Å². The first-order valence-corrected chi connectivity index (χ1v) is 7.73. The molecular weight excluding hydrogens is 298 g/mol. The van der Waals surface area contributed by atoms with Gasteiger partial charge in [-0.15, -0.1) is 0 Å². The van der Waals surface area contributed by atoms with Gasteiger partial charge in [-0.05, 0) is 19.1 Å². The third kappa shape index (κ3) is 5.20. The summed E-state index contributed by atoms with van der Waals surface area (Å²) in [4.78, 5) is 15.0. The van der Waals surface area contributed by atoms with E-state index in [1.54, 1.807) is 19.1 Å². The Hall–Kier alpha value is -1.87. The van der Waals surface area contributed by atoms with E-state index in [1.807, 2.05) is 0 Å². The number of hydrogen-bond acceptors (Lipinski definition) is 6. The Morgan fingerprint density at radius 1 is 1.48 bits per heavy atom. The number of hydrogen-bond donors (Lipinski definition) is 1. The summed E-state index contributed by atoms with van der Waals surface area (Å²) in [7, 11) is -1.19. The molecule has 0 unspecified atom stereocenters. The molecule has 118 valence electrons. The van der Waals surface area contributed by atoms with Crippen LogP contribution in [0.25, 0.3) is 0 Å². The van der Waals surface area contributed by atoms with Crippen LogP contribution < -0.4 is 9.46 Å². The highest BCUT2D eigenvalue weighted by Gasteiger charge is 2.20. The van der Waals surface area contributed by atoms with Gasteiger partial charge in [0.15, 0.2) is 0 Å². The molecule has 0 saturated heterocycles. The van der Waals surface area contributed by atoms with Crippen molar-refractivity contribution in [1.82, 2.24) is 9.29 Å². The second-order valence-electron chi connectivity index (χ2n) is 4.04. The number of rotatable bonds is 8. The highest BCUT2D eigenvalue weighted by atomic mass is 32.2. The fraction of sp³-hybridized carbons (Fsp3) is 0.500. The lowest BCUT2D eigenvalue weighted by atomic mass is 10.4. The minimum Gasteiger partial charge on any atom is -0.476 e. The maximum Gasteiger partial charge on any atom is 0.306 e. The molecule has 0 aliphatic carbocycles. The maximum absolute atomic E-state index is 12.1. The number of carbonyl (C=O) groups is 1. The predicted octanol–water partition coefficient (Wildman–Crippen LogP) is 0.632. The van der Waals surface area contributed by atoms with Gasteiger partial charge in [-0.25, -0.2) is 4.98 Å². The van der Waals surface area contributed by atoms with E-state index in [0.29, 0.717) is 6.61 Å². The van der Waals surface area contributed by atoms with Crippen molar-refractivity contribution >= 4 is 21.9 Å². The Balaban J connectivity index is 2.78. The molecule has 21 heavy (non-hydrogen) atoms. The molecule has 1 aromatic heterocycles. The van der Waals surface area contributed by atoms with Crippen molar-refractivity contribution in [3.8, 4) is 5.88 Å². The number of nitrogens with one attached hydrogen (secondary N) is 1. The summed E-state index contributed by atoms with van der Waals surface area (Å²) in [5.74, 6) is -0.279. The second-order valence-corrected chi connectivity index (χ2v) is 5.82. The van der Waals surface area contributed by atoms with Crippen LogP contribution in [0.5, 0.6) is 5.88 Å². The monoisotopic (exact) mass is 317 g/mol. The van der Waals surface area contributed by atoms with Crippen molar-refractivity contribution in [2.24, 2.45) is 0 Å². The lowest BCUT2D eigenvalue weighted by Crippen LogP contribution is -2.34. The van der Waals surface area contributed by atoms with Gasteiger partial charge in [0.25, 0.3) is 0 Å². The van der Waals surface area contributed by atoms with Gasteiger partial charge >= 0.3 is 16.2 Å². The second kappa shape index (κ2) is 7.79. The zero-order valence-electron chi connectivity index (χ0n) is 12.2. The summed E-state index contributed by atoms with van der Waals surface area (Å²) in [6, 6.07) is 3.14. The number of aromatic nitrogens is 1. The molecule has 0 aliphatic heterocycles. The summed E-state index contributed by atoms with van der Waals surface area (Å²) in [6.07, 6.45) is 1.48. The molecule has 0 fully saturated rings. The Morgan fingerprint density at radius 2 is 2.19 bits per heavy atom. The molecule has 1 rings (SSSR count). The number of nitrogens with zero attached hydrogens (tertiary/aromatic N) is 2. The molecule has 1 N–H and O–H groups in total. The van der Waals surface area contributed by atoms with Crippen molar-refractivity contribution in [3.63, 3.8) is 0 Å². The van der Waals surface area contributed by atoms with E-state index >= 15 is 0 Å². The smallest absolute Gasteiger partial charge is 0.306 e. The molecule has 0 aliphatic rings. The van der Waals surface area contributed by atoms with Crippen LogP contribution in [0.2, 0.25) is 0 Å². The van der Waals surface area contributed by atoms with Crippen LogP contribution in [-0.4, -0.2) is 51.0 Å². The van der Waals surface area contributed by atoms with Crippen molar-refractivity contribution in [2.45, 2.75) is 13.3 Å². The molecule has 0 bridgehead atoms. The Bertz CT molecular complexity index is 576. The Morgan fingerprint density at radius 3 is 2.81 bits per heavy atom. The van der Waals surface area contributed by atoms with Gasteiger partial charge in [0.05, 0.1) is 20.1 Å². The topological polar surface area (TPSA) is 97.8 Å². The van der Waals surface area contributed by atoms with Crippen LogP contribution in [0.15, 0.2) is 18.3 Å².